The van der Waals surface area contributed by atoms with Gasteiger partial charge in [-0.3, -0.25) is 0 Å². The number of nitrogens with zero attached hydrogens (tertiary/aromatic N) is 2. The van der Waals surface area contributed by atoms with Crippen molar-refractivity contribution in [1.29, 1.82) is 0 Å². The van der Waals surface area contributed by atoms with Crippen LogP contribution in [0.2, 0.25) is 0 Å². The van der Waals surface area contributed by atoms with Gasteiger partial charge in [-0.25, -0.2) is 4.98 Å². The minimum Gasteiger partial charge on any atom is -0.481 e. The van der Waals surface area contributed by atoms with Gasteiger partial charge in [-0.05, 0) is 12.0 Å². The van der Waals surface area contributed by atoms with Gasteiger partial charge in [0.25, 0.3) is 0 Å². The quantitative estimate of drug-likeness (QED) is 0.733. The third-order valence-corrected chi connectivity index (χ3v) is 2.28. The second-order valence-corrected chi connectivity index (χ2v) is 3.03. The molecule has 1 aliphatic rings. The van der Waals surface area contributed by atoms with E-state index >= 15 is 0 Å². The standard InChI is InChI=1S/C9H12N2O.2C2H6/c1-11-4-3-7-5-9(12-2)10-6-8(7)11;2*1-2/h5-6H,3-4H2,1-2H3;2*1-2H3. The Kier molecular flexibility index (Phi) is 7.34. The Labute approximate surface area is 99.4 Å². The summed E-state index contributed by atoms with van der Waals surface area (Å²) >= 11 is 0. The molecule has 3 heteroatoms. The predicted molar refractivity (Wildman–Crippen MR) is 70.5 cm³/mol. The van der Waals surface area contributed by atoms with Gasteiger partial charge < -0.3 is 9.64 Å². The molecule has 0 aliphatic carbocycles. The van der Waals surface area contributed by atoms with E-state index in [1.807, 2.05) is 40.0 Å². The molecule has 0 atom stereocenters. The summed E-state index contributed by atoms with van der Waals surface area (Å²) in [6, 6.07) is 2.01. The third-order valence-electron chi connectivity index (χ3n) is 2.28. The molecule has 1 aromatic rings. The molecule has 16 heavy (non-hydrogen) atoms. The lowest BCUT2D eigenvalue weighted by Gasteiger charge is -2.10. The maximum atomic E-state index is 5.05. The lowest BCUT2D eigenvalue weighted by Crippen LogP contribution is -2.12. The van der Waals surface area contributed by atoms with Crippen molar-refractivity contribution in [3.63, 3.8) is 0 Å². The Morgan fingerprint density at radius 2 is 1.88 bits per heavy atom. The Bertz CT molecular complexity index is 300. The number of hydrogen-bond donors (Lipinski definition) is 0. The van der Waals surface area contributed by atoms with Gasteiger partial charge in [-0.15, -0.1) is 0 Å². The molecule has 0 amide bonds. The molecular formula is C13H24N2O. The molecule has 0 unspecified atom stereocenters. The molecule has 2 rings (SSSR count). The van der Waals surface area contributed by atoms with Crippen LogP contribution in [0, 0.1) is 0 Å². The summed E-state index contributed by atoms with van der Waals surface area (Å²) in [6.07, 6.45) is 2.98. The van der Waals surface area contributed by atoms with Crippen molar-refractivity contribution in [2.45, 2.75) is 34.1 Å². The second kappa shape index (κ2) is 7.97. The molecule has 1 aromatic heterocycles. The molecule has 0 bridgehead atoms. The molecule has 1 aliphatic heterocycles. The molecule has 0 aromatic carbocycles. The molecular weight excluding hydrogens is 200 g/mol. The summed E-state index contributed by atoms with van der Waals surface area (Å²) in [7, 11) is 3.73. The average Bonchev–Trinajstić information content (AvgIpc) is 2.75. The van der Waals surface area contributed by atoms with Crippen molar-refractivity contribution >= 4 is 5.69 Å². The molecule has 92 valence electrons. The fourth-order valence-corrected chi connectivity index (χ4v) is 1.53. The van der Waals surface area contributed by atoms with Crippen molar-refractivity contribution < 1.29 is 4.74 Å². The van der Waals surface area contributed by atoms with Gasteiger partial charge in [0.15, 0.2) is 0 Å². The Morgan fingerprint density at radius 3 is 2.44 bits per heavy atom. The summed E-state index contributed by atoms with van der Waals surface area (Å²) in [6.45, 7) is 9.09. The molecule has 0 N–H and O–H groups in total. The van der Waals surface area contributed by atoms with Crippen LogP contribution < -0.4 is 9.64 Å². The molecule has 0 saturated heterocycles. The van der Waals surface area contributed by atoms with Gasteiger partial charge in [-0.2, -0.15) is 0 Å². The number of ether oxygens (including phenoxy) is 1. The number of methoxy groups -OCH3 is 1. The van der Waals surface area contributed by atoms with Gasteiger partial charge in [0.2, 0.25) is 5.88 Å². The van der Waals surface area contributed by atoms with E-state index in [1.165, 1.54) is 11.3 Å². The van der Waals surface area contributed by atoms with E-state index in [4.69, 9.17) is 4.74 Å². The zero-order valence-electron chi connectivity index (χ0n) is 11.4. The van der Waals surface area contributed by atoms with Crippen LogP contribution >= 0.6 is 0 Å². The molecule has 0 saturated carbocycles. The van der Waals surface area contributed by atoms with Gasteiger partial charge in [0, 0.05) is 19.7 Å². The Hall–Kier alpha value is -1.25. The maximum absolute atomic E-state index is 5.05. The molecule has 0 radical (unpaired) electrons. The lowest BCUT2D eigenvalue weighted by molar-refractivity contribution is 0.397. The number of anilines is 1. The van der Waals surface area contributed by atoms with E-state index < -0.39 is 0 Å². The normalized spacial score (nSPS) is 11.8. The van der Waals surface area contributed by atoms with Crippen molar-refractivity contribution in [3.05, 3.63) is 17.8 Å². The van der Waals surface area contributed by atoms with Crippen LogP contribution in [0.4, 0.5) is 5.69 Å². The van der Waals surface area contributed by atoms with Gasteiger partial charge in [0.1, 0.15) is 0 Å². The number of rotatable bonds is 1. The van der Waals surface area contributed by atoms with E-state index in [-0.39, 0.29) is 0 Å². The highest BCUT2D eigenvalue weighted by molar-refractivity contribution is 5.56. The van der Waals surface area contributed by atoms with E-state index in [9.17, 15) is 0 Å². The highest BCUT2D eigenvalue weighted by atomic mass is 16.5. The molecule has 0 fully saturated rings. The third kappa shape index (κ3) is 3.40. The second-order valence-electron chi connectivity index (χ2n) is 3.03. The Balaban J connectivity index is 0.000000509. The summed E-state index contributed by atoms with van der Waals surface area (Å²) in [5, 5.41) is 0. The van der Waals surface area contributed by atoms with Crippen LogP contribution in [-0.4, -0.2) is 25.7 Å². The van der Waals surface area contributed by atoms with Crippen LogP contribution in [0.1, 0.15) is 33.3 Å². The SMILES string of the molecule is CC.CC.COc1cc2c(cn1)N(C)CC2. The van der Waals surface area contributed by atoms with Crippen molar-refractivity contribution in [1.82, 2.24) is 4.98 Å². The van der Waals surface area contributed by atoms with E-state index in [2.05, 4.69) is 16.9 Å². The van der Waals surface area contributed by atoms with E-state index in [1.54, 1.807) is 7.11 Å². The van der Waals surface area contributed by atoms with Crippen LogP contribution in [-0.2, 0) is 6.42 Å². The predicted octanol–water partition coefficient (Wildman–Crippen LogP) is 3.13. The van der Waals surface area contributed by atoms with Crippen molar-refractivity contribution in [2.75, 3.05) is 25.6 Å². The minimum atomic E-state index is 0.712. The number of aromatic nitrogens is 1. The lowest BCUT2D eigenvalue weighted by atomic mass is 10.2. The summed E-state index contributed by atoms with van der Waals surface area (Å²) in [5.41, 5.74) is 2.57. The summed E-state index contributed by atoms with van der Waals surface area (Å²) in [5.74, 6) is 0.712. The van der Waals surface area contributed by atoms with Crippen LogP contribution in [0.25, 0.3) is 0 Å². The van der Waals surface area contributed by atoms with Crippen LogP contribution in [0.15, 0.2) is 12.3 Å². The van der Waals surface area contributed by atoms with Gasteiger partial charge >= 0.3 is 0 Å². The minimum absolute atomic E-state index is 0.712. The van der Waals surface area contributed by atoms with Crippen molar-refractivity contribution in [2.24, 2.45) is 0 Å². The summed E-state index contributed by atoms with van der Waals surface area (Å²) in [4.78, 5) is 6.37. The highest BCUT2D eigenvalue weighted by Crippen LogP contribution is 2.27. The fourth-order valence-electron chi connectivity index (χ4n) is 1.53. The van der Waals surface area contributed by atoms with Crippen LogP contribution in [0.5, 0.6) is 5.88 Å². The summed E-state index contributed by atoms with van der Waals surface area (Å²) < 4.78 is 5.05. The fraction of sp³-hybridized carbons (Fsp3) is 0.615. The zero-order chi connectivity index (χ0) is 12.6. The number of pyridine rings is 1. The first kappa shape index (κ1) is 14.8. The maximum Gasteiger partial charge on any atom is 0.213 e. The monoisotopic (exact) mass is 224 g/mol. The topological polar surface area (TPSA) is 25.4 Å². The smallest absolute Gasteiger partial charge is 0.213 e. The largest absolute Gasteiger partial charge is 0.481 e. The first-order valence-corrected chi connectivity index (χ1v) is 6.05. The first-order valence-electron chi connectivity index (χ1n) is 6.05. The van der Waals surface area contributed by atoms with Gasteiger partial charge in [0.05, 0.1) is 19.0 Å². The highest BCUT2D eigenvalue weighted by Gasteiger charge is 2.16. The average molecular weight is 224 g/mol. The Morgan fingerprint density at radius 1 is 1.25 bits per heavy atom. The first-order chi connectivity index (χ1) is 7.81. The number of hydrogen-bond acceptors (Lipinski definition) is 3. The number of fused-ring (bicyclic) bond motifs is 1. The van der Waals surface area contributed by atoms with Crippen LogP contribution in [0.3, 0.4) is 0 Å². The molecule has 3 nitrogen and oxygen atoms in total. The molecule has 2 heterocycles. The van der Waals surface area contributed by atoms with E-state index in [0.717, 1.165) is 13.0 Å². The van der Waals surface area contributed by atoms with E-state index in [0.29, 0.717) is 5.88 Å². The molecule has 0 spiro atoms. The number of likely N-dealkylation sites (N-methyl/N-ethyl adjacent to an activating group) is 1. The van der Waals surface area contributed by atoms with Crippen molar-refractivity contribution in [3.8, 4) is 5.88 Å². The van der Waals surface area contributed by atoms with Gasteiger partial charge in [-0.1, -0.05) is 27.7 Å². The zero-order valence-corrected chi connectivity index (χ0v) is 11.4.